The number of aliphatic imine (C=N–C) groups is 1. The van der Waals surface area contributed by atoms with Crippen molar-refractivity contribution in [2.75, 3.05) is 6.54 Å². The second-order valence-electron chi connectivity index (χ2n) is 7.84. The van der Waals surface area contributed by atoms with E-state index in [-0.39, 0.29) is 18.4 Å². The molecule has 0 fully saturated rings. The predicted octanol–water partition coefficient (Wildman–Crippen LogP) is 4.47. The van der Waals surface area contributed by atoms with Crippen molar-refractivity contribution in [2.45, 2.75) is 40.4 Å². The number of dihydropyridines is 1. The van der Waals surface area contributed by atoms with Gasteiger partial charge in [0.05, 0.1) is 17.0 Å². The molecule has 1 atom stereocenters. The van der Waals surface area contributed by atoms with E-state index in [1.807, 2.05) is 17.6 Å². The lowest BCUT2D eigenvalue weighted by atomic mass is 9.95. The van der Waals surface area contributed by atoms with Crippen molar-refractivity contribution in [2.24, 2.45) is 10.9 Å². The van der Waals surface area contributed by atoms with Crippen LogP contribution in [0.4, 0.5) is 13.2 Å². The maximum absolute atomic E-state index is 12.8. The van der Waals surface area contributed by atoms with Crippen molar-refractivity contribution in [3.8, 4) is 0 Å². The molecule has 31 heavy (non-hydrogen) atoms. The molecule has 0 saturated heterocycles. The average Bonchev–Trinajstić information content (AvgIpc) is 2.93. The summed E-state index contributed by atoms with van der Waals surface area (Å²) in [5.74, 6) is -1.05. The molecule has 0 bridgehead atoms. The number of carbonyl (C=O) groups is 2. The van der Waals surface area contributed by atoms with E-state index in [1.54, 1.807) is 27.0 Å². The fourth-order valence-electron chi connectivity index (χ4n) is 3.77. The zero-order valence-corrected chi connectivity index (χ0v) is 17.8. The van der Waals surface area contributed by atoms with E-state index in [0.717, 1.165) is 23.3 Å². The fraction of sp³-hybridized carbons (Fsp3) is 0.348. The summed E-state index contributed by atoms with van der Waals surface area (Å²) in [6.45, 7) is 7.67. The number of aromatic nitrogens is 1. The number of hydrogen-bond donors (Lipinski definition) is 1. The van der Waals surface area contributed by atoms with E-state index >= 15 is 0 Å². The van der Waals surface area contributed by atoms with Gasteiger partial charge in [0, 0.05) is 30.7 Å². The van der Waals surface area contributed by atoms with Crippen LogP contribution >= 0.6 is 0 Å². The number of hydrogen-bond acceptors (Lipinski definition) is 2. The first-order valence-corrected chi connectivity index (χ1v) is 9.85. The van der Waals surface area contributed by atoms with Crippen molar-refractivity contribution >= 4 is 17.5 Å². The summed E-state index contributed by atoms with van der Waals surface area (Å²) in [7, 11) is 0. The topological polar surface area (TPSA) is 63.5 Å². The van der Waals surface area contributed by atoms with Gasteiger partial charge < -0.3 is 9.88 Å². The second kappa shape index (κ2) is 8.53. The van der Waals surface area contributed by atoms with Crippen LogP contribution < -0.4 is 5.32 Å². The minimum atomic E-state index is -4.37. The predicted molar refractivity (Wildman–Crippen MR) is 112 cm³/mol. The Bertz CT molecular complexity index is 1080. The van der Waals surface area contributed by atoms with Gasteiger partial charge >= 0.3 is 6.18 Å². The van der Waals surface area contributed by atoms with E-state index in [0.29, 0.717) is 29.1 Å². The van der Waals surface area contributed by atoms with Crippen LogP contribution in [0.2, 0.25) is 0 Å². The molecule has 5 nitrogen and oxygen atoms in total. The third kappa shape index (κ3) is 4.95. The van der Waals surface area contributed by atoms with Crippen molar-refractivity contribution in [1.82, 2.24) is 9.88 Å². The smallest absolute Gasteiger partial charge is 0.351 e. The van der Waals surface area contributed by atoms with Gasteiger partial charge in [0.1, 0.15) is 0 Å². The van der Waals surface area contributed by atoms with Crippen molar-refractivity contribution < 1.29 is 22.8 Å². The first kappa shape index (κ1) is 22.5. The number of amides is 2. The number of nitrogens with one attached hydrogen (secondary N) is 1. The highest BCUT2D eigenvalue weighted by atomic mass is 19.4. The maximum atomic E-state index is 12.8. The van der Waals surface area contributed by atoms with Gasteiger partial charge in [-0.3, -0.25) is 9.59 Å². The fourth-order valence-corrected chi connectivity index (χ4v) is 3.77. The summed E-state index contributed by atoms with van der Waals surface area (Å²) < 4.78 is 40.1. The second-order valence-corrected chi connectivity index (χ2v) is 7.84. The highest BCUT2D eigenvalue weighted by molar-refractivity contribution is 6.06. The molecule has 1 aromatic heterocycles. The number of carbonyl (C=O) groups excluding carboxylic acids is 2. The molecular formula is C23H24F3N3O2. The van der Waals surface area contributed by atoms with Crippen LogP contribution in [0.15, 0.2) is 47.1 Å². The molecule has 0 spiro atoms. The Morgan fingerprint density at radius 3 is 2.35 bits per heavy atom. The molecule has 1 N–H and O–H groups in total. The minimum absolute atomic E-state index is 0.153. The third-order valence-electron chi connectivity index (χ3n) is 5.44. The summed E-state index contributed by atoms with van der Waals surface area (Å²) in [5, 5.41) is 2.82. The molecule has 164 valence electrons. The minimum Gasteiger partial charge on any atom is -0.351 e. The molecule has 1 aliphatic heterocycles. The van der Waals surface area contributed by atoms with Gasteiger partial charge in [0.25, 0.3) is 11.8 Å². The summed E-state index contributed by atoms with van der Waals surface area (Å²) in [6.07, 6.45) is -0.747. The monoisotopic (exact) mass is 431 g/mol. The summed E-state index contributed by atoms with van der Waals surface area (Å²) in [4.78, 5) is 28.9. The number of rotatable bonds is 5. The molecule has 0 saturated carbocycles. The van der Waals surface area contributed by atoms with Crippen LogP contribution in [0.3, 0.4) is 0 Å². The van der Waals surface area contributed by atoms with Crippen molar-refractivity contribution in [3.05, 3.63) is 70.1 Å². The normalized spacial score (nSPS) is 16.7. The molecule has 2 heterocycles. The average molecular weight is 431 g/mol. The molecule has 2 amide bonds. The summed E-state index contributed by atoms with van der Waals surface area (Å²) >= 11 is 0. The first-order chi connectivity index (χ1) is 14.5. The van der Waals surface area contributed by atoms with Gasteiger partial charge in [-0.25, -0.2) is 4.99 Å². The molecule has 1 unspecified atom stereocenters. The molecule has 0 radical (unpaired) electrons. The molecule has 1 aromatic carbocycles. The van der Waals surface area contributed by atoms with Crippen LogP contribution in [-0.4, -0.2) is 28.6 Å². The van der Waals surface area contributed by atoms with E-state index in [9.17, 15) is 22.8 Å². The lowest BCUT2D eigenvalue weighted by molar-refractivity contribution is -0.137. The Labute approximate surface area is 178 Å². The maximum Gasteiger partial charge on any atom is 0.416 e. The Balaban J connectivity index is 1.71. The molecule has 3 rings (SSSR count). The Hall–Kier alpha value is -3.16. The van der Waals surface area contributed by atoms with Gasteiger partial charge in [0.2, 0.25) is 0 Å². The van der Waals surface area contributed by atoms with Gasteiger partial charge in [-0.2, -0.15) is 13.2 Å². The highest BCUT2D eigenvalue weighted by Gasteiger charge is 2.30. The lowest BCUT2D eigenvalue weighted by Gasteiger charge is -2.19. The first-order valence-electron chi connectivity index (χ1n) is 9.85. The zero-order valence-electron chi connectivity index (χ0n) is 17.8. The lowest BCUT2D eigenvalue weighted by Crippen LogP contribution is -2.35. The molecule has 0 aliphatic carbocycles. The number of alkyl halides is 3. The van der Waals surface area contributed by atoms with Crippen LogP contribution in [-0.2, 0) is 17.5 Å². The number of aryl methyl sites for hydroxylation is 1. The van der Waals surface area contributed by atoms with Crippen molar-refractivity contribution in [3.63, 3.8) is 0 Å². The zero-order chi connectivity index (χ0) is 22.9. The van der Waals surface area contributed by atoms with E-state index in [4.69, 9.17) is 0 Å². The number of nitrogens with zero attached hydrogens (tertiary/aromatic N) is 2. The standard InChI is InChI=1S/C23H24F3N3O2/c1-13-9-15(3)28-21(30)19(13)10-27-22(31)20-14(2)11-29(16(20)4)12-17-5-7-18(8-6-17)23(24,25)26/h5-9,11,19H,10,12H2,1-4H3,(H,27,31). The SMILES string of the molecule is CC1=CC(C)=NC(=O)C1CNC(=O)c1c(C)cn(Cc2ccc(C(F)(F)F)cc2)c1C. The number of halogens is 3. The van der Waals surface area contributed by atoms with Gasteiger partial charge in [-0.1, -0.05) is 17.7 Å². The molecular weight excluding hydrogens is 407 g/mol. The van der Waals surface area contributed by atoms with Crippen LogP contribution in [0, 0.1) is 19.8 Å². The Morgan fingerprint density at radius 1 is 1.13 bits per heavy atom. The number of allylic oxidation sites excluding steroid dienone is 1. The van der Waals surface area contributed by atoms with E-state index < -0.39 is 17.7 Å². The summed E-state index contributed by atoms with van der Waals surface area (Å²) in [6, 6.07) is 4.97. The highest BCUT2D eigenvalue weighted by Crippen LogP contribution is 2.29. The molecule has 1 aliphatic rings. The summed E-state index contributed by atoms with van der Waals surface area (Å²) in [5.41, 5.74) is 3.45. The van der Waals surface area contributed by atoms with E-state index in [2.05, 4.69) is 10.3 Å². The van der Waals surface area contributed by atoms with Gasteiger partial charge in [-0.05, 0) is 57.0 Å². The Kier molecular flexibility index (Phi) is 6.20. The van der Waals surface area contributed by atoms with Gasteiger partial charge in [-0.15, -0.1) is 0 Å². The van der Waals surface area contributed by atoms with Crippen LogP contribution in [0.25, 0.3) is 0 Å². The quantitative estimate of drug-likeness (QED) is 0.760. The molecule has 2 aromatic rings. The third-order valence-corrected chi connectivity index (χ3v) is 5.44. The number of benzene rings is 1. The molecule has 8 heteroatoms. The van der Waals surface area contributed by atoms with Crippen LogP contribution in [0.1, 0.15) is 46.6 Å². The Morgan fingerprint density at radius 2 is 1.77 bits per heavy atom. The van der Waals surface area contributed by atoms with E-state index in [1.165, 1.54) is 12.1 Å². The van der Waals surface area contributed by atoms with Gasteiger partial charge in [0.15, 0.2) is 0 Å². The van der Waals surface area contributed by atoms with Crippen LogP contribution in [0.5, 0.6) is 0 Å². The van der Waals surface area contributed by atoms with Crippen molar-refractivity contribution in [1.29, 1.82) is 0 Å². The largest absolute Gasteiger partial charge is 0.416 e.